The SMILES string of the molecule is Cc1ncc(CNC(c2ccccc2)c2cccs2)[nH]1. The molecular weight excluding hydrogens is 266 g/mol. The van der Waals surface area contributed by atoms with Crippen LogP contribution >= 0.6 is 11.3 Å². The summed E-state index contributed by atoms with van der Waals surface area (Å²) < 4.78 is 0. The van der Waals surface area contributed by atoms with Gasteiger partial charge in [0.15, 0.2) is 0 Å². The largest absolute Gasteiger partial charge is 0.345 e. The van der Waals surface area contributed by atoms with Crippen molar-refractivity contribution < 1.29 is 0 Å². The molecule has 0 bridgehead atoms. The molecule has 0 aliphatic rings. The van der Waals surface area contributed by atoms with Crippen molar-refractivity contribution in [3.63, 3.8) is 0 Å². The first-order valence-electron chi connectivity index (χ1n) is 6.65. The monoisotopic (exact) mass is 283 g/mol. The topological polar surface area (TPSA) is 40.7 Å². The molecule has 0 saturated carbocycles. The second-order valence-corrected chi connectivity index (χ2v) is 5.71. The van der Waals surface area contributed by atoms with Gasteiger partial charge in [0.2, 0.25) is 0 Å². The van der Waals surface area contributed by atoms with Crippen molar-refractivity contribution in [2.75, 3.05) is 0 Å². The van der Waals surface area contributed by atoms with E-state index in [1.807, 2.05) is 19.2 Å². The van der Waals surface area contributed by atoms with E-state index in [-0.39, 0.29) is 6.04 Å². The Bertz CT molecular complexity index is 643. The predicted molar refractivity (Wildman–Crippen MR) is 82.8 cm³/mol. The van der Waals surface area contributed by atoms with Gasteiger partial charge in [0, 0.05) is 23.3 Å². The van der Waals surface area contributed by atoms with Gasteiger partial charge in [-0.15, -0.1) is 11.3 Å². The molecule has 0 amide bonds. The number of nitrogens with zero attached hydrogens (tertiary/aromatic N) is 1. The lowest BCUT2D eigenvalue weighted by Crippen LogP contribution is -2.21. The minimum atomic E-state index is 0.222. The molecule has 2 heterocycles. The quantitative estimate of drug-likeness (QED) is 0.750. The fraction of sp³-hybridized carbons (Fsp3) is 0.188. The number of aromatic nitrogens is 2. The van der Waals surface area contributed by atoms with Gasteiger partial charge < -0.3 is 4.98 Å². The molecule has 0 fully saturated rings. The molecule has 4 heteroatoms. The summed E-state index contributed by atoms with van der Waals surface area (Å²) in [5.74, 6) is 0.953. The second-order valence-electron chi connectivity index (χ2n) is 4.73. The van der Waals surface area contributed by atoms with Crippen LogP contribution in [-0.2, 0) is 6.54 Å². The molecule has 0 spiro atoms. The molecule has 3 nitrogen and oxygen atoms in total. The fourth-order valence-electron chi connectivity index (χ4n) is 2.26. The molecule has 2 N–H and O–H groups in total. The highest BCUT2D eigenvalue weighted by atomic mass is 32.1. The smallest absolute Gasteiger partial charge is 0.103 e. The van der Waals surface area contributed by atoms with Gasteiger partial charge in [-0.1, -0.05) is 36.4 Å². The fourth-order valence-corrected chi connectivity index (χ4v) is 3.08. The van der Waals surface area contributed by atoms with E-state index < -0.39 is 0 Å². The molecule has 0 aliphatic heterocycles. The van der Waals surface area contributed by atoms with Crippen molar-refractivity contribution in [1.82, 2.24) is 15.3 Å². The van der Waals surface area contributed by atoms with E-state index >= 15 is 0 Å². The molecule has 1 atom stereocenters. The zero-order valence-corrected chi connectivity index (χ0v) is 12.2. The Hall–Kier alpha value is -1.91. The van der Waals surface area contributed by atoms with E-state index in [9.17, 15) is 0 Å². The van der Waals surface area contributed by atoms with Crippen LogP contribution in [0.1, 0.15) is 28.0 Å². The molecule has 1 unspecified atom stereocenters. The van der Waals surface area contributed by atoms with Gasteiger partial charge in [-0.3, -0.25) is 5.32 Å². The summed E-state index contributed by atoms with van der Waals surface area (Å²) in [5, 5.41) is 5.73. The highest BCUT2D eigenvalue weighted by molar-refractivity contribution is 7.10. The predicted octanol–water partition coefficient (Wildman–Crippen LogP) is 3.66. The van der Waals surface area contributed by atoms with Crippen LogP contribution in [0, 0.1) is 6.92 Å². The number of hydrogen-bond donors (Lipinski definition) is 2. The van der Waals surface area contributed by atoms with Crippen LogP contribution in [0.5, 0.6) is 0 Å². The van der Waals surface area contributed by atoms with Gasteiger partial charge in [-0.05, 0) is 23.9 Å². The average Bonchev–Trinajstić information content (AvgIpc) is 3.12. The summed E-state index contributed by atoms with van der Waals surface area (Å²) >= 11 is 1.78. The standard InChI is InChI=1S/C16H17N3S/c1-12-17-10-14(19-12)11-18-16(15-8-5-9-20-15)13-6-3-2-4-7-13/h2-10,16,18H,11H2,1H3,(H,17,19). The Morgan fingerprint density at radius 2 is 2.05 bits per heavy atom. The zero-order valence-electron chi connectivity index (χ0n) is 11.3. The minimum absolute atomic E-state index is 0.222. The third kappa shape index (κ3) is 2.98. The number of H-pyrrole nitrogens is 1. The summed E-state index contributed by atoms with van der Waals surface area (Å²) in [7, 11) is 0. The molecule has 0 radical (unpaired) electrons. The van der Waals surface area contributed by atoms with Crippen LogP contribution in [0.3, 0.4) is 0 Å². The van der Waals surface area contributed by atoms with Crippen LogP contribution in [0.2, 0.25) is 0 Å². The maximum absolute atomic E-state index is 4.24. The van der Waals surface area contributed by atoms with Crippen molar-refractivity contribution in [3.05, 3.63) is 76.0 Å². The van der Waals surface area contributed by atoms with Gasteiger partial charge in [-0.2, -0.15) is 0 Å². The maximum atomic E-state index is 4.24. The van der Waals surface area contributed by atoms with Crippen LogP contribution in [-0.4, -0.2) is 9.97 Å². The zero-order chi connectivity index (χ0) is 13.8. The number of thiophene rings is 1. The van der Waals surface area contributed by atoms with Gasteiger partial charge in [0.1, 0.15) is 5.82 Å². The molecule has 1 aromatic carbocycles. The summed E-state index contributed by atoms with van der Waals surface area (Å²) in [5.41, 5.74) is 2.39. The number of rotatable bonds is 5. The highest BCUT2D eigenvalue weighted by Gasteiger charge is 2.14. The van der Waals surface area contributed by atoms with E-state index in [0.717, 1.165) is 18.1 Å². The number of benzene rings is 1. The summed E-state index contributed by atoms with van der Waals surface area (Å²) in [6.07, 6.45) is 1.89. The van der Waals surface area contributed by atoms with Crippen molar-refractivity contribution in [2.24, 2.45) is 0 Å². The van der Waals surface area contributed by atoms with Crippen LogP contribution in [0.25, 0.3) is 0 Å². The highest BCUT2D eigenvalue weighted by Crippen LogP contribution is 2.26. The molecular formula is C16H17N3S. The molecule has 3 rings (SSSR count). The van der Waals surface area contributed by atoms with E-state index in [4.69, 9.17) is 0 Å². The third-order valence-electron chi connectivity index (χ3n) is 3.21. The lowest BCUT2D eigenvalue weighted by Gasteiger charge is -2.17. The molecule has 102 valence electrons. The van der Waals surface area contributed by atoms with Crippen molar-refractivity contribution in [2.45, 2.75) is 19.5 Å². The van der Waals surface area contributed by atoms with Crippen molar-refractivity contribution in [1.29, 1.82) is 0 Å². The van der Waals surface area contributed by atoms with Crippen molar-refractivity contribution in [3.8, 4) is 0 Å². The van der Waals surface area contributed by atoms with Gasteiger partial charge in [-0.25, -0.2) is 4.98 Å². The lowest BCUT2D eigenvalue weighted by molar-refractivity contribution is 0.606. The normalized spacial score (nSPS) is 12.4. The molecule has 0 saturated heterocycles. The Morgan fingerprint density at radius 3 is 2.70 bits per heavy atom. The summed E-state index contributed by atoms with van der Waals surface area (Å²) in [6.45, 7) is 2.75. The molecule has 20 heavy (non-hydrogen) atoms. The van der Waals surface area contributed by atoms with E-state index in [1.165, 1.54) is 10.4 Å². The first kappa shape index (κ1) is 13.1. The Labute approximate surface area is 122 Å². The van der Waals surface area contributed by atoms with Crippen LogP contribution in [0.15, 0.2) is 54.0 Å². The van der Waals surface area contributed by atoms with Gasteiger partial charge in [0.25, 0.3) is 0 Å². The van der Waals surface area contributed by atoms with Gasteiger partial charge in [0.05, 0.1) is 6.04 Å². The summed E-state index contributed by atoms with van der Waals surface area (Å²) in [6, 6.07) is 15.0. The number of aromatic amines is 1. The number of aryl methyl sites for hydroxylation is 1. The van der Waals surface area contributed by atoms with Crippen LogP contribution in [0.4, 0.5) is 0 Å². The minimum Gasteiger partial charge on any atom is -0.345 e. The average molecular weight is 283 g/mol. The van der Waals surface area contributed by atoms with E-state index in [1.54, 1.807) is 11.3 Å². The summed E-state index contributed by atoms with van der Waals surface area (Å²) in [4.78, 5) is 8.82. The first-order valence-corrected chi connectivity index (χ1v) is 7.53. The van der Waals surface area contributed by atoms with E-state index in [0.29, 0.717) is 0 Å². The number of hydrogen-bond acceptors (Lipinski definition) is 3. The first-order chi connectivity index (χ1) is 9.83. The lowest BCUT2D eigenvalue weighted by atomic mass is 10.1. The molecule has 3 aromatic rings. The number of nitrogens with one attached hydrogen (secondary N) is 2. The third-order valence-corrected chi connectivity index (χ3v) is 4.15. The second kappa shape index (κ2) is 6.03. The molecule has 2 aromatic heterocycles. The Kier molecular flexibility index (Phi) is 3.95. The van der Waals surface area contributed by atoms with Crippen molar-refractivity contribution >= 4 is 11.3 Å². The van der Waals surface area contributed by atoms with Crippen LogP contribution < -0.4 is 5.32 Å². The Morgan fingerprint density at radius 1 is 1.20 bits per heavy atom. The molecule has 0 aliphatic carbocycles. The van der Waals surface area contributed by atoms with Gasteiger partial charge >= 0.3 is 0 Å². The van der Waals surface area contributed by atoms with E-state index in [2.05, 4.69) is 57.1 Å². The Balaban J connectivity index is 1.80. The number of imidazole rings is 1. The maximum Gasteiger partial charge on any atom is 0.103 e.